The number of rotatable bonds is 3. The molecule has 1 aliphatic heterocycles. The molecule has 2 aliphatic rings. The molecule has 1 aromatic carbocycles. The zero-order valence-corrected chi connectivity index (χ0v) is 13.5. The third-order valence-electron chi connectivity index (χ3n) is 5.55. The van der Waals surface area contributed by atoms with Crippen molar-refractivity contribution in [1.29, 1.82) is 0 Å². The van der Waals surface area contributed by atoms with Crippen molar-refractivity contribution < 1.29 is 14.4 Å². The zero-order chi connectivity index (χ0) is 16.6. The van der Waals surface area contributed by atoms with E-state index in [2.05, 4.69) is 10.1 Å². The predicted octanol–water partition coefficient (Wildman–Crippen LogP) is 2.50. The Bertz CT molecular complexity index is 720. The van der Waals surface area contributed by atoms with E-state index >= 15 is 0 Å². The number of amides is 1. The monoisotopic (exact) mass is 327 g/mol. The molecule has 1 N–H and O–H groups in total. The van der Waals surface area contributed by atoms with Crippen LogP contribution in [-0.4, -0.2) is 44.7 Å². The van der Waals surface area contributed by atoms with Crippen LogP contribution in [0.5, 0.6) is 0 Å². The van der Waals surface area contributed by atoms with Gasteiger partial charge in [0, 0.05) is 24.3 Å². The summed E-state index contributed by atoms with van der Waals surface area (Å²) in [4.78, 5) is 19.0. The highest BCUT2D eigenvalue weighted by molar-refractivity contribution is 5.91. The molecule has 1 saturated heterocycles. The molecule has 2 fully saturated rings. The number of aliphatic hydroxyl groups is 1. The maximum absolute atomic E-state index is 12.8. The summed E-state index contributed by atoms with van der Waals surface area (Å²) in [5, 5.41) is 13.2. The van der Waals surface area contributed by atoms with Crippen molar-refractivity contribution >= 4 is 5.91 Å². The third kappa shape index (κ3) is 2.51. The van der Waals surface area contributed by atoms with Gasteiger partial charge < -0.3 is 14.5 Å². The minimum absolute atomic E-state index is 0.0653. The SMILES string of the molecule is O=C(c1nc(-c2ccccc2)no1)N1CCC12CCC(CO)CC2. The highest BCUT2D eigenvalue weighted by atomic mass is 16.5. The Morgan fingerprint density at radius 2 is 2.00 bits per heavy atom. The average molecular weight is 327 g/mol. The molecule has 0 atom stereocenters. The molecule has 0 radical (unpaired) electrons. The van der Waals surface area contributed by atoms with Gasteiger partial charge in [-0.1, -0.05) is 35.5 Å². The Balaban J connectivity index is 1.50. The Hall–Kier alpha value is -2.21. The van der Waals surface area contributed by atoms with Gasteiger partial charge in [0.1, 0.15) is 0 Å². The van der Waals surface area contributed by atoms with E-state index in [0.29, 0.717) is 11.7 Å². The molecule has 4 rings (SSSR count). The van der Waals surface area contributed by atoms with Crippen molar-refractivity contribution in [3.63, 3.8) is 0 Å². The van der Waals surface area contributed by atoms with Crippen LogP contribution in [0.1, 0.15) is 42.8 Å². The number of likely N-dealkylation sites (tertiary alicyclic amines) is 1. The molecule has 126 valence electrons. The summed E-state index contributed by atoms with van der Waals surface area (Å²) < 4.78 is 5.22. The van der Waals surface area contributed by atoms with Gasteiger partial charge >= 0.3 is 11.8 Å². The molecule has 1 amide bonds. The van der Waals surface area contributed by atoms with Crippen LogP contribution in [0.3, 0.4) is 0 Å². The summed E-state index contributed by atoms with van der Waals surface area (Å²) in [5.41, 5.74) is 0.770. The van der Waals surface area contributed by atoms with Crippen molar-refractivity contribution in [1.82, 2.24) is 15.0 Å². The lowest BCUT2D eigenvalue weighted by atomic mass is 9.69. The van der Waals surface area contributed by atoms with Crippen LogP contribution in [0.2, 0.25) is 0 Å². The second-order valence-corrected chi connectivity index (χ2v) is 6.85. The van der Waals surface area contributed by atoms with Crippen LogP contribution in [0, 0.1) is 5.92 Å². The first-order chi connectivity index (χ1) is 11.7. The van der Waals surface area contributed by atoms with Crippen molar-refractivity contribution in [2.24, 2.45) is 5.92 Å². The first-order valence-corrected chi connectivity index (χ1v) is 8.54. The van der Waals surface area contributed by atoms with E-state index in [1.165, 1.54) is 0 Å². The van der Waals surface area contributed by atoms with Crippen LogP contribution < -0.4 is 0 Å². The van der Waals surface area contributed by atoms with Gasteiger partial charge in [0.05, 0.1) is 0 Å². The summed E-state index contributed by atoms with van der Waals surface area (Å²) >= 11 is 0. The van der Waals surface area contributed by atoms with Gasteiger partial charge in [0.2, 0.25) is 5.82 Å². The Labute approximate surface area is 140 Å². The number of aliphatic hydroxyl groups excluding tert-OH is 1. The van der Waals surface area contributed by atoms with Gasteiger partial charge in [0.25, 0.3) is 0 Å². The normalized spacial score (nSPS) is 26.4. The van der Waals surface area contributed by atoms with Crippen molar-refractivity contribution in [3.8, 4) is 11.4 Å². The lowest BCUT2D eigenvalue weighted by molar-refractivity contribution is -0.0380. The van der Waals surface area contributed by atoms with Gasteiger partial charge in [0.15, 0.2) is 0 Å². The second kappa shape index (κ2) is 6.02. The smallest absolute Gasteiger partial charge is 0.316 e. The lowest BCUT2D eigenvalue weighted by Gasteiger charge is -2.55. The zero-order valence-electron chi connectivity index (χ0n) is 13.5. The third-order valence-corrected chi connectivity index (χ3v) is 5.55. The van der Waals surface area contributed by atoms with Crippen LogP contribution >= 0.6 is 0 Å². The van der Waals surface area contributed by atoms with Gasteiger partial charge in [-0.25, -0.2) is 0 Å². The first-order valence-electron chi connectivity index (χ1n) is 8.54. The molecule has 6 heteroatoms. The van der Waals surface area contributed by atoms with Gasteiger partial charge in [-0.05, 0) is 38.0 Å². The molecule has 2 heterocycles. The van der Waals surface area contributed by atoms with Crippen molar-refractivity contribution in [3.05, 3.63) is 36.2 Å². The minimum atomic E-state index is -0.168. The molecule has 2 aromatic rings. The quantitative estimate of drug-likeness (QED) is 0.937. The number of carbonyl (C=O) groups excluding carboxylic acids is 1. The molecule has 6 nitrogen and oxygen atoms in total. The van der Waals surface area contributed by atoms with E-state index in [-0.39, 0.29) is 23.9 Å². The highest BCUT2D eigenvalue weighted by Gasteiger charge is 2.50. The minimum Gasteiger partial charge on any atom is -0.396 e. The Kier molecular flexibility index (Phi) is 3.84. The Morgan fingerprint density at radius 3 is 2.62 bits per heavy atom. The van der Waals surface area contributed by atoms with Crippen LogP contribution in [0.4, 0.5) is 0 Å². The van der Waals surface area contributed by atoms with Crippen LogP contribution in [0.15, 0.2) is 34.9 Å². The van der Waals surface area contributed by atoms with E-state index in [4.69, 9.17) is 4.52 Å². The maximum atomic E-state index is 12.8. The van der Waals surface area contributed by atoms with Crippen LogP contribution in [-0.2, 0) is 0 Å². The highest BCUT2D eigenvalue weighted by Crippen LogP contribution is 2.45. The summed E-state index contributed by atoms with van der Waals surface area (Å²) in [5.74, 6) is 0.717. The van der Waals surface area contributed by atoms with Crippen LogP contribution in [0.25, 0.3) is 11.4 Å². The van der Waals surface area contributed by atoms with Gasteiger partial charge in [-0.3, -0.25) is 4.79 Å². The fourth-order valence-electron chi connectivity index (χ4n) is 3.90. The predicted molar refractivity (Wildman–Crippen MR) is 87.2 cm³/mol. The summed E-state index contributed by atoms with van der Waals surface area (Å²) in [6, 6.07) is 9.50. The molecular formula is C18H21N3O3. The summed E-state index contributed by atoms with van der Waals surface area (Å²) in [7, 11) is 0. The summed E-state index contributed by atoms with van der Waals surface area (Å²) in [6.07, 6.45) is 4.86. The molecule has 24 heavy (non-hydrogen) atoms. The van der Waals surface area contributed by atoms with Gasteiger partial charge in [-0.2, -0.15) is 4.98 Å². The topological polar surface area (TPSA) is 79.5 Å². The summed E-state index contributed by atoms with van der Waals surface area (Å²) in [6.45, 7) is 0.986. The molecular weight excluding hydrogens is 306 g/mol. The fraction of sp³-hybridized carbons (Fsp3) is 0.500. The number of nitrogens with zero attached hydrogens (tertiary/aromatic N) is 3. The Morgan fingerprint density at radius 1 is 1.25 bits per heavy atom. The van der Waals surface area contributed by atoms with E-state index in [0.717, 1.165) is 44.2 Å². The lowest BCUT2D eigenvalue weighted by Crippen LogP contribution is -2.63. The molecule has 1 saturated carbocycles. The number of carbonyl (C=O) groups is 1. The number of benzene rings is 1. The first kappa shape index (κ1) is 15.3. The van der Waals surface area contributed by atoms with Gasteiger partial charge in [-0.15, -0.1) is 0 Å². The number of hydrogen-bond acceptors (Lipinski definition) is 5. The molecule has 0 bridgehead atoms. The van der Waals surface area contributed by atoms with Crippen molar-refractivity contribution in [2.45, 2.75) is 37.6 Å². The number of hydrogen-bond donors (Lipinski definition) is 1. The van der Waals surface area contributed by atoms with E-state index in [1.54, 1.807) is 0 Å². The largest absolute Gasteiger partial charge is 0.396 e. The standard InChI is InChI=1S/C18H21N3O3/c22-12-13-6-8-18(9-7-13)10-11-21(18)17(23)16-19-15(20-24-16)14-4-2-1-3-5-14/h1-5,13,22H,6-12H2. The molecule has 1 aromatic heterocycles. The average Bonchev–Trinajstić information content (AvgIpc) is 3.12. The molecule has 1 aliphatic carbocycles. The molecule has 1 spiro atoms. The number of aromatic nitrogens is 2. The van der Waals surface area contributed by atoms with Crippen molar-refractivity contribution in [2.75, 3.05) is 13.2 Å². The van der Waals surface area contributed by atoms with E-state index in [9.17, 15) is 9.90 Å². The fourth-order valence-corrected chi connectivity index (χ4v) is 3.90. The van der Waals surface area contributed by atoms with E-state index in [1.807, 2.05) is 35.2 Å². The second-order valence-electron chi connectivity index (χ2n) is 6.85. The maximum Gasteiger partial charge on any atom is 0.316 e. The molecule has 0 unspecified atom stereocenters. The van der Waals surface area contributed by atoms with E-state index < -0.39 is 0 Å².